The number of anilines is 1. The molecule has 1 aliphatic heterocycles. The highest BCUT2D eigenvalue weighted by Crippen LogP contribution is 2.43. The molecule has 0 radical (unpaired) electrons. The molecule has 2 aromatic heterocycles. The third kappa shape index (κ3) is 4.05. The number of hydrogen-bond acceptors (Lipinski definition) is 7. The lowest BCUT2D eigenvalue weighted by Gasteiger charge is -2.23. The third-order valence-electron chi connectivity index (χ3n) is 6.22. The van der Waals surface area contributed by atoms with Crippen LogP contribution < -0.4 is 19.8 Å². The number of ether oxygens (including phenoxy) is 2. The fraction of sp³-hybridized carbons (Fsp3) is 0.138. The molecule has 37 heavy (non-hydrogen) atoms. The summed E-state index contributed by atoms with van der Waals surface area (Å²) in [5.74, 6) is 0.734. The average molecular weight is 511 g/mol. The number of benzene rings is 3. The lowest BCUT2D eigenvalue weighted by Crippen LogP contribution is -2.29. The van der Waals surface area contributed by atoms with Crippen LogP contribution in [0.5, 0.6) is 11.5 Å². The first-order valence-electron chi connectivity index (χ1n) is 11.9. The van der Waals surface area contributed by atoms with E-state index in [0.29, 0.717) is 51.9 Å². The van der Waals surface area contributed by atoms with Crippen LogP contribution >= 0.6 is 11.3 Å². The lowest BCUT2D eigenvalue weighted by molar-refractivity contribution is 0.0971. The smallest absolute Gasteiger partial charge is 0.297 e. The van der Waals surface area contributed by atoms with Crippen molar-refractivity contribution in [1.82, 2.24) is 4.98 Å². The van der Waals surface area contributed by atoms with E-state index < -0.39 is 11.9 Å². The number of para-hydroxylation sites is 1. The molecule has 3 heterocycles. The summed E-state index contributed by atoms with van der Waals surface area (Å²) in [4.78, 5) is 33.2. The molecule has 3 aromatic carbocycles. The number of amides is 1. The van der Waals surface area contributed by atoms with Crippen molar-refractivity contribution >= 4 is 33.3 Å². The van der Waals surface area contributed by atoms with Crippen molar-refractivity contribution in [2.24, 2.45) is 0 Å². The Hall–Kier alpha value is -4.43. The summed E-state index contributed by atoms with van der Waals surface area (Å²) in [5.41, 5.74) is 2.15. The predicted molar refractivity (Wildman–Crippen MR) is 142 cm³/mol. The maximum Gasteiger partial charge on any atom is 0.297 e. The number of fused-ring (bicyclic) bond motifs is 2. The zero-order valence-electron chi connectivity index (χ0n) is 19.9. The number of carbonyl (C=O) groups excluding carboxylic acids is 1. The molecule has 0 fully saturated rings. The van der Waals surface area contributed by atoms with Crippen LogP contribution in [0, 0.1) is 0 Å². The minimum absolute atomic E-state index is 0.0336. The van der Waals surface area contributed by atoms with Gasteiger partial charge < -0.3 is 13.9 Å². The van der Waals surface area contributed by atoms with Crippen molar-refractivity contribution in [2.45, 2.75) is 19.6 Å². The Bertz CT molecular complexity index is 1650. The highest BCUT2D eigenvalue weighted by atomic mass is 32.1. The zero-order valence-corrected chi connectivity index (χ0v) is 20.7. The fourth-order valence-electron chi connectivity index (χ4n) is 4.58. The van der Waals surface area contributed by atoms with Gasteiger partial charge in [-0.05, 0) is 42.3 Å². The average Bonchev–Trinajstić information content (AvgIpc) is 3.55. The molecule has 1 aliphatic rings. The van der Waals surface area contributed by atoms with Gasteiger partial charge in [-0.15, -0.1) is 11.3 Å². The normalized spacial score (nSPS) is 14.7. The van der Waals surface area contributed by atoms with Crippen LogP contribution in [0.15, 0.2) is 93.6 Å². The SMILES string of the molecule is CCOc1cc([C@@H]2c3c(oc4ccccc4c3=O)C(=O)N2c2nccs2)ccc1OCc1ccccc1. The van der Waals surface area contributed by atoms with E-state index in [-0.39, 0.29) is 11.2 Å². The number of rotatable bonds is 7. The van der Waals surface area contributed by atoms with Crippen LogP contribution in [0.3, 0.4) is 0 Å². The van der Waals surface area contributed by atoms with Crippen molar-refractivity contribution in [1.29, 1.82) is 0 Å². The number of hydrogen-bond donors (Lipinski definition) is 0. The Labute approximate surface area is 216 Å². The highest BCUT2D eigenvalue weighted by Gasteiger charge is 2.45. The second-order valence-corrected chi connectivity index (χ2v) is 9.35. The topological polar surface area (TPSA) is 81.9 Å². The zero-order chi connectivity index (χ0) is 25.4. The van der Waals surface area contributed by atoms with E-state index in [0.717, 1.165) is 5.56 Å². The van der Waals surface area contributed by atoms with Gasteiger partial charge in [0.1, 0.15) is 12.2 Å². The van der Waals surface area contributed by atoms with E-state index in [1.165, 1.54) is 16.2 Å². The Balaban J connectivity index is 1.47. The van der Waals surface area contributed by atoms with Gasteiger partial charge in [-0.3, -0.25) is 14.5 Å². The third-order valence-corrected chi connectivity index (χ3v) is 6.99. The quantitative estimate of drug-likeness (QED) is 0.268. The van der Waals surface area contributed by atoms with Crippen molar-refractivity contribution < 1.29 is 18.7 Å². The summed E-state index contributed by atoms with van der Waals surface area (Å²) < 4.78 is 18.0. The lowest BCUT2D eigenvalue weighted by atomic mass is 9.98. The summed E-state index contributed by atoms with van der Waals surface area (Å²) >= 11 is 1.32. The Morgan fingerprint density at radius 1 is 0.973 bits per heavy atom. The van der Waals surface area contributed by atoms with E-state index in [1.807, 2.05) is 55.5 Å². The van der Waals surface area contributed by atoms with Crippen LogP contribution in [-0.4, -0.2) is 17.5 Å². The second kappa shape index (κ2) is 9.55. The molecule has 184 valence electrons. The van der Waals surface area contributed by atoms with Gasteiger partial charge >= 0.3 is 0 Å². The van der Waals surface area contributed by atoms with Gasteiger partial charge in [0.2, 0.25) is 5.76 Å². The number of nitrogens with zero attached hydrogens (tertiary/aromatic N) is 2. The van der Waals surface area contributed by atoms with E-state index in [2.05, 4.69) is 4.98 Å². The van der Waals surface area contributed by atoms with Crippen LogP contribution in [0.2, 0.25) is 0 Å². The van der Waals surface area contributed by atoms with Crippen molar-refractivity contribution in [3.63, 3.8) is 0 Å². The minimum Gasteiger partial charge on any atom is -0.490 e. The summed E-state index contributed by atoms with van der Waals surface area (Å²) in [7, 11) is 0. The molecule has 0 bridgehead atoms. The molecule has 0 aliphatic carbocycles. The first kappa shape index (κ1) is 23.0. The van der Waals surface area contributed by atoms with Gasteiger partial charge in [-0.1, -0.05) is 48.5 Å². The standard InChI is InChI=1S/C29H22N2O5S/c1-2-34-23-16-19(12-13-22(23)35-17-18-8-4-3-5-9-18)25-24-26(32)20-10-6-7-11-21(20)36-27(24)28(33)31(25)29-30-14-15-37-29/h3-16,25H,2,17H2,1H3/t25-/m1/s1. The largest absolute Gasteiger partial charge is 0.490 e. The molecule has 5 aromatic rings. The first-order valence-corrected chi connectivity index (χ1v) is 12.8. The molecule has 0 N–H and O–H groups in total. The van der Waals surface area contributed by atoms with E-state index in [1.54, 1.807) is 35.8 Å². The van der Waals surface area contributed by atoms with Crippen molar-refractivity contribution in [2.75, 3.05) is 11.5 Å². The molecule has 1 amide bonds. The Morgan fingerprint density at radius 3 is 2.57 bits per heavy atom. The maximum absolute atomic E-state index is 13.7. The number of carbonyl (C=O) groups is 1. The van der Waals surface area contributed by atoms with Crippen LogP contribution in [0.25, 0.3) is 11.0 Å². The summed E-state index contributed by atoms with van der Waals surface area (Å²) in [6, 6.07) is 21.6. The van der Waals surface area contributed by atoms with Crippen LogP contribution in [-0.2, 0) is 6.61 Å². The van der Waals surface area contributed by atoms with Gasteiger partial charge in [-0.25, -0.2) is 4.98 Å². The minimum atomic E-state index is -0.725. The predicted octanol–water partition coefficient (Wildman–Crippen LogP) is 5.98. The van der Waals surface area contributed by atoms with E-state index in [9.17, 15) is 9.59 Å². The molecule has 0 saturated carbocycles. The van der Waals surface area contributed by atoms with Crippen LogP contribution in [0.1, 0.15) is 40.2 Å². The van der Waals surface area contributed by atoms with Gasteiger partial charge in [0.15, 0.2) is 22.1 Å². The molecule has 0 unspecified atom stereocenters. The summed E-state index contributed by atoms with van der Waals surface area (Å²) in [6.07, 6.45) is 1.63. The molecule has 7 nitrogen and oxygen atoms in total. The molecule has 6 rings (SSSR count). The molecular weight excluding hydrogens is 488 g/mol. The summed E-state index contributed by atoms with van der Waals surface area (Å²) in [5, 5.41) is 2.70. The fourth-order valence-corrected chi connectivity index (χ4v) is 5.25. The van der Waals surface area contributed by atoms with Gasteiger partial charge in [0.05, 0.1) is 23.6 Å². The first-order chi connectivity index (χ1) is 18.2. The molecular formula is C29H22N2O5S. The summed E-state index contributed by atoms with van der Waals surface area (Å²) in [6.45, 7) is 2.70. The maximum atomic E-state index is 13.7. The molecule has 0 saturated heterocycles. The van der Waals surface area contributed by atoms with Gasteiger partial charge in [0.25, 0.3) is 5.91 Å². The Kier molecular flexibility index (Phi) is 5.94. The molecule has 8 heteroatoms. The van der Waals surface area contributed by atoms with Gasteiger partial charge in [0, 0.05) is 11.6 Å². The number of thiazole rings is 1. The number of aromatic nitrogens is 1. The molecule has 0 spiro atoms. The Morgan fingerprint density at radius 2 is 1.78 bits per heavy atom. The molecule has 1 atom stereocenters. The second-order valence-electron chi connectivity index (χ2n) is 8.48. The highest BCUT2D eigenvalue weighted by molar-refractivity contribution is 7.13. The van der Waals surface area contributed by atoms with E-state index >= 15 is 0 Å². The van der Waals surface area contributed by atoms with Crippen LogP contribution in [0.4, 0.5) is 5.13 Å². The van der Waals surface area contributed by atoms with Crippen molar-refractivity contribution in [3.05, 3.63) is 117 Å². The van der Waals surface area contributed by atoms with Crippen molar-refractivity contribution in [3.8, 4) is 11.5 Å². The van der Waals surface area contributed by atoms with Gasteiger partial charge in [-0.2, -0.15) is 0 Å². The van der Waals surface area contributed by atoms with E-state index in [4.69, 9.17) is 13.9 Å². The monoisotopic (exact) mass is 510 g/mol.